The van der Waals surface area contributed by atoms with Crippen LogP contribution in [0.5, 0.6) is 0 Å². The van der Waals surface area contributed by atoms with Gasteiger partial charge in [-0.15, -0.1) is 11.3 Å². The highest BCUT2D eigenvalue weighted by molar-refractivity contribution is 9.11. The average molecular weight is 407 g/mol. The van der Waals surface area contributed by atoms with Crippen LogP contribution in [0.4, 0.5) is 0 Å². The first-order valence-corrected chi connectivity index (χ1v) is 8.82. The Morgan fingerprint density at radius 3 is 2.79 bits per heavy atom. The summed E-state index contributed by atoms with van der Waals surface area (Å²) < 4.78 is 4.26. The number of nitrogens with zero attached hydrogens (tertiary/aromatic N) is 2. The van der Waals surface area contributed by atoms with E-state index in [1.165, 1.54) is 11.3 Å². The zero-order chi connectivity index (χ0) is 13.8. The van der Waals surface area contributed by atoms with Crippen LogP contribution in [0.25, 0.3) is 0 Å². The van der Waals surface area contributed by atoms with E-state index in [-0.39, 0.29) is 6.04 Å². The molecule has 0 aliphatic carbocycles. The Morgan fingerprint density at radius 2 is 2.21 bits per heavy atom. The summed E-state index contributed by atoms with van der Waals surface area (Å²) in [6.45, 7) is 6.15. The fourth-order valence-electron chi connectivity index (χ4n) is 2.05. The van der Waals surface area contributed by atoms with E-state index in [0.29, 0.717) is 0 Å². The predicted octanol–water partition coefficient (Wildman–Crippen LogP) is 4.58. The number of rotatable bonds is 6. The molecule has 1 N–H and O–H groups in total. The largest absolute Gasteiger partial charge is 0.305 e. The van der Waals surface area contributed by atoms with Gasteiger partial charge < -0.3 is 5.32 Å². The van der Waals surface area contributed by atoms with E-state index in [0.717, 1.165) is 27.8 Å². The van der Waals surface area contributed by atoms with Gasteiger partial charge in [-0.1, -0.05) is 6.92 Å². The van der Waals surface area contributed by atoms with E-state index in [2.05, 4.69) is 67.6 Å². The molecule has 0 saturated heterocycles. The van der Waals surface area contributed by atoms with Crippen LogP contribution in [-0.2, 0) is 6.54 Å². The van der Waals surface area contributed by atoms with Crippen molar-refractivity contribution < 1.29 is 0 Å². The smallest absolute Gasteiger partial charge is 0.0768 e. The van der Waals surface area contributed by atoms with Crippen LogP contribution < -0.4 is 5.32 Å². The molecule has 2 heterocycles. The summed E-state index contributed by atoms with van der Waals surface area (Å²) in [4.78, 5) is 0. The Bertz CT molecular complexity index is 536. The number of hydrogen-bond acceptors (Lipinski definition) is 3. The molecule has 0 bridgehead atoms. The molecule has 104 valence electrons. The second-order valence-corrected chi connectivity index (χ2v) is 7.41. The number of nitrogens with one attached hydrogen (secondary N) is 1. The molecule has 19 heavy (non-hydrogen) atoms. The third kappa shape index (κ3) is 3.48. The number of hydrogen-bond donors (Lipinski definition) is 1. The van der Waals surface area contributed by atoms with Gasteiger partial charge in [0.25, 0.3) is 0 Å². The highest BCUT2D eigenvalue weighted by Crippen LogP contribution is 2.32. The number of aromatic nitrogens is 2. The van der Waals surface area contributed by atoms with Crippen molar-refractivity contribution in [2.75, 3.05) is 6.54 Å². The molecule has 3 nitrogen and oxygen atoms in total. The molecule has 0 aliphatic rings. The Labute approximate surface area is 134 Å². The number of thiophene rings is 1. The molecule has 0 saturated carbocycles. The molecular weight excluding hydrogens is 390 g/mol. The van der Waals surface area contributed by atoms with Crippen LogP contribution in [0.1, 0.15) is 37.6 Å². The molecule has 2 rings (SSSR count). The minimum Gasteiger partial charge on any atom is -0.305 e. The molecule has 6 heteroatoms. The lowest BCUT2D eigenvalue weighted by atomic mass is 10.1. The summed E-state index contributed by atoms with van der Waals surface area (Å²) in [5.74, 6) is 0. The second-order valence-electron chi connectivity index (χ2n) is 4.26. The zero-order valence-corrected chi connectivity index (χ0v) is 15.0. The van der Waals surface area contributed by atoms with Crippen molar-refractivity contribution in [3.63, 3.8) is 0 Å². The molecule has 0 radical (unpaired) electrons. The minimum atomic E-state index is 0.180. The molecule has 2 aromatic rings. The van der Waals surface area contributed by atoms with Crippen molar-refractivity contribution in [2.24, 2.45) is 0 Å². The van der Waals surface area contributed by atoms with Crippen molar-refractivity contribution in [1.82, 2.24) is 15.1 Å². The van der Waals surface area contributed by atoms with E-state index in [1.807, 2.05) is 10.9 Å². The molecule has 0 aliphatic heterocycles. The Morgan fingerprint density at radius 1 is 1.42 bits per heavy atom. The SMILES string of the molecule is CCCNC(c1csc(Br)c1)c1c(Br)cnn1CC. The lowest BCUT2D eigenvalue weighted by molar-refractivity contribution is 0.529. The molecule has 1 unspecified atom stereocenters. The van der Waals surface area contributed by atoms with Gasteiger partial charge in [-0.2, -0.15) is 5.10 Å². The molecule has 0 fully saturated rings. The fraction of sp³-hybridized carbons (Fsp3) is 0.462. The van der Waals surface area contributed by atoms with Crippen LogP contribution in [-0.4, -0.2) is 16.3 Å². The van der Waals surface area contributed by atoms with Gasteiger partial charge in [0, 0.05) is 6.54 Å². The van der Waals surface area contributed by atoms with Gasteiger partial charge in [0.1, 0.15) is 0 Å². The Balaban J connectivity index is 2.39. The van der Waals surface area contributed by atoms with Crippen LogP contribution in [0, 0.1) is 0 Å². The fourth-order valence-corrected chi connectivity index (χ4v) is 3.77. The van der Waals surface area contributed by atoms with Crippen molar-refractivity contribution in [1.29, 1.82) is 0 Å². The highest BCUT2D eigenvalue weighted by atomic mass is 79.9. The van der Waals surface area contributed by atoms with Crippen LogP contribution in [0.15, 0.2) is 25.9 Å². The standard InChI is InChI=1S/C13H17Br2N3S/c1-3-5-16-12(9-6-11(15)19-8-9)13-10(14)7-17-18(13)4-2/h6-8,12,16H,3-5H2,1-2H3. The maximum atomic E-state index is 4.42. The number of halogens is 2. The molecule has 0 spiro atoms. The predicted molar refractivity (Wildman–Crippen MR) is 87.8 cm³/mol. The summed E-state index contributed by atoms with van der Waals surface area (Å²) >= 11 is 8.88. The van der Waals surface area contributed by atoms with Crippen molar-refractivity contribution >= 4 is 43.2 Å². The summed E-state index contributed by atoms with van der Waals surface area (Å²) in [6, 6.07) is 2.36. The van der Waals surface area contributed by atoms with Gasteiger partial charge >= 0.3 is 0 Å². The van der Waals surface area contributed by atoms with Crippen LogP contribution >= 0.6 is 43.2 Å². The zero-order valence-electron chi connectivity index (χ0n) is 11.0. The van der Waals surface area contributed by atoms with E-state index in [1.54, 1.807) is 11.3 Å². The number of aryl methyl sites for hydroxylation is 1. The van der Waals surface area contributed by atoms with E-state index in [4.69, 9.17) is 0 Å². The lowest BCUT2D eigenvalue weighted by Crippen LogP contribution is -2.25. The summed E-state index contributed by atoms with van der Waals surface area (Å²) in [7, 11) is 0. The first-order valence-electron chi connectivity index (χ1n) is 6.35. The monoisotopic (exact) mass is 405 g/mol. The molecule has 1 atom stereocenters. The van der Waals surface area contributed by atoms with Gasteiger partial charge in [-0.05, 0) is 68.8 Å². The Kier molecular flexibility index (Phi) is 5.62. The second kappa shape index (κ2) is 7.02. The lowest BCUT2D eigenvalue weighted by Gasteiger charge is -2.19. The van der Waals surface area contributed by atoms with Crippen LogP contribution in [0.2, 0.25) is 0 Å². The quantitative estimate of drug-likeness (QED) is 0.760. The first-order chi connectivity index (χ1) is 9.17. The maximum absolute atomic E-state index is 4.42. The van der Waals surface area contributed by atoms with Gasteiger partial charge in [-0.3, -0.25) is 4.68 Å². The molecule has 0 aromatic carbocycles. The summed E-state index contributed by atoms with van der Waals surface area (Å²) in [6.07, 6.45) is 2.99. The summed E-state index contributed by atoms with van der Waals surface area (Å²) in [5.41, 5.74) is 2.47. The topological polar surface area (TPSA) is 29.9 Å². The van der Waals surface area contributed by atoms with Gasteiger partial charge in [0.15, 0.2) is 0 Å². The third-order valence-corrected chi connectivity index (χ3v) is 5.06. The Hall–Kier alpha value is -0.170. The first kappa shape index (κ1) is 15.2. The van der Waals surface area contributed by atoms with Crippen molar-refractivity contribution in [3.05, 3.63) is 37.2 Å². The average Bonchev–Trinajstić information content (AvgIpc) is 2.98. The van der Waals surface area contributed by atoms with E-state index in [9.17, 15) is 0 Å². The van der Waals surface area contributed by atoms with Gasteiger partial charge in [0.05, 0.1) is 26.2 Å². The highest BCUT2D eigenvalue weighted by Gasteiger charge is 2.21. The molecular formula is C13H17Br2N3S. The van der Waals surface area contributed by atoms with Crippen molar-refractivity contribution in [3.8, 4) is 0 Å². The minimum absolute atomic E-state index is 0.180. The maximum Gasteiger partial charge on any atom is 0.0768 e. The van der Waals surface area contributed by atoms with Gasteiger partial charge in [-0.25, -0.2) is 0 Å². The third-order valence-electron chi connectivity index (χ3n) is 2.93. The van der Waals surface area contributed by atoms with E-state index >= 15 is 0 Å². The molecule has 0 amide bonds. The van der Waals surface area contributed by atoms with Crippen molar-refractivity contribution in [2.45, 2.75) is 32.9 Å². The van der Waals surface area contributed by atoms with Crippen LogP contribution in [0.3, 0.4) is 0 Å². The van der Waals surface area contributed by atoms with E-state index < -0.39 is 0 Å². The summed E-state index contributed by atoms with van der Waals surface area (Å²) in [5, 5.41) is 10.2. The normalized spacial score (nSPS) is 12.8. The molecule has 2 aromatic heterocycles. The van der Waals surface area contributed by atoms with Gasteiger partial charge in [0.2, 0.25) is 0 Å².